The molecule has 0 aromatic heterocycles. The molecule has 0 bridgehead atoms. The summed E-state index contributed by atoms with van der Waals surface area (Å²) >= 11 is 0. The maximum atomic E-state index is 3.73. The van der Waals surface area contributed by atoms with Crippen molar-refractivity contribution in [3.05, 3.63) is 37.5 Å². The summed E-state index contributed by atoms with van der Waals surface area (Å²) in [5.41, 5.74) is 0. The molecule has 0 heterocycles. The van der Waals surface area contributed by atoms with Gasteiger partial charge in [-0.05, 0) is 80.5 Å². The van der Waals surface area contributed by atoms with Crippen molar-refractivity contribution in [1.29, 1.82) is 0 Å². The first-order valence-electron chi connectivity index (χ1n) is 12.6. The maximum Gasteiger partial charge on any atom is 0 e. The van der Waals surface area contributed by atoms with E-state index in [1.54, 1.807) is 0 Å². The molecular formula is C30H60. The molecule has 0 nitrogen and oxygen atoms in total. The fraction of sp³-hybridized carbons (Fsp3) is 0.800. The largest absolute Gasteiger partial charge is 0.103 e. The molecule has 2 aliphatic rings. The number of hydrogen-bond acceptors (Lipinski definition) is 0. The zero-order chi connectivity index (χ0) is 22.1. The zero-order valence-corrected chi connectivity index (χ0v) is 21.0. The fourth-order valence-electron chi connectivity index (χ4n) is 4.89. The number of rotatable bonds is 6. The summed E-state index contributed by atoms with van der Waals surface area (Å²) in [5.74, 6) is 5.40. The van der Waals surface area contributed by atoms with Gasteiger partial charge in [-0.2, -0.15) is 0 Å². The van der Waals surface area contributed by atoms with E-state index < -0.39 is 0 Å². The summed E-state index contributed by atoms with van der Waals surface area (Å²) in [4.78, 5) is 0. The Morgan fingerprint density at radius 2 is 1.13 bits per heavy atom. The fourth-order valence-corrected chi connectivity index (χ4v) is 4.89. The van der Waals surface area contributed by atoms with Crippen molar-refractivity contribution in [2.24, 2.45) is 35.5 Å². The monoisotopic (exact) mass is 420 g/mol. The van der Waals surface area contributed by atoms with Gasteiger partial charge in [0.1, 0.15) is 0 Å². The van der Waals surface area contributed by atoms with Gasteiger partial charge < -0.3 is 0 Å². The van der Waals surface area contributed by atoms with Crippen LogP contribution in [0.25, 0.3) is 0 Å². The standard InChI is InChI=1S/C11H20.C9H18.C9H16.CH4.H2/c1-5-7-10(3)9-11(4)8-6-2;2*1-8-5-3-4-6-9(2)7-8;;/h5-6,10-11H,1-2,7-9H2,3-4H3;8-9H,3-7H2,1-2H3;3-4,8-9H,5-7H2,1-2H3;1H4;1H. The predicted octanol–water partition coefficient (Wildman–Crippen LogP) is 10.9. The van der Waals surface area contributed by atoms with Gasteiger partial charge in [0.15, 0.2) is 0 Å². The predicted molar refractivity (Wildman–Crippen MR) is 144 cm³/mol. The van der Waals surface area contributed by atoms with Gasteiger partial charge in [0.05, 0.1) is 0 Å². The highest BCUT2D eigenvalue weighted by molar-refractivity contribution is 4.88. The van der Waals surface area contributed by atoms with Gasteiger partial charge >= 0.3 is 0 Å². The van der Waals surface area contributed by atoms with Gasteiger partial charge in [0.25, 0.3) is 0 Å². The van der Waals surface area contributed by atoms with E-state index in [4.69, 9.17) is 0 Å². The molecule has 0 saturated heterocycles. The van der Waals surface area contributed by atoms with Gasteiger partial charge in [-0.15, -0.1) is 13.2 Å². The lowest BCUT2D eigenvalue weighted by molar-refractivity contribution is 0.421. The Labute approximate surface area is 194 Å². The van der Waals surface area contributed by atoms with Crippen molar-refractivity contribution in [3.8, 4) is 0 Å². The van der Waals surface area contributed by atoms with Crippen LogP contribution in [-0.2, 0) is 0 Å². The second-order valence-electron chi connectivity index (χ2n) is 10.6. The summed E-state index contributed by atoms with van der Waals surface area (Å²) < 4.78 is 0. The molecule has 0 heteroatoms. The van der Waals surface area contributed by atoms with Crippen LogP contribution in [0, 0.1) is 35.5 Å². The topological polar surface area (TPSA) is 0 Å². The average molecular weight is 421 g/mol. The normalized spacial score (nSPS) is 27.9. The summed E-state index contributed by atoms with van der Waals surface area (Å²) in [6.45, 7) is 21.5. The molecule has 30 heavy (non-hydrogen) atoms. The van der Waals surface area contributed by atoms with E-state index in [1.807, 2.05) is 12.2 Å². The zero-order valence-electron chi connectivity index (χ0n) is 21.0. The van der Waals surface area contributed by atoms with Crippen LogP contribution in [-0.4, -0.2) is 0 Å². The van der Waals surface area contributed by atoms with Crippen LogP contribution in [0.15, 0.2) is 37.5 Å². The minimum atomic E-state index is 0. The Hall–Kier alpha value is -0.780. The highest BCUT2D eigenvalue weighted by Gasteiger charge is 2.12. The third-order valence-corrected chi connectivity index (χ3v) is 6.44. The summed E-state index contributed by atoms with van der Waals surface area (Å²) in [7, 11) is 0. The van der Waals surface area contributed by atoms with Crippen LogP contribution in [0.3, 0.4) is 0 Å². The summed E-state index contributed by atoms with van der Waals surface area (Å²) in [5, 5.41) is 0. The molecule has 6 atom stereocenters. The van der Waals surface area contributed by atoms with Crippen molar-refractivity contribution in [3.63, 3.8) is 0 Å². The Balaban J connectivity index is -0.000000369. The van der Waals surface area contributed by atoms with Crippen LogP contribution in [0.4, 0.5) is 0 Å². The lowest BCUT2D eigenvalue weighted by Crippen LogP contribution is -2.01. The van der Waals surface area contributed by atoms with Crippen LogP contribution in [0.1, 0.15) is 121 Å². The second-order valence-corrected chi connectivity index (χ2v) is 10.6. The van der Waals surface area contributed by atoms with Crippen molar-refractivity contribution in [1.82, 2.24) is 0 Å². The van der Waals surface area contributed by atoms with E-state index in [2.05, 4.69) is 66.9 Å². The maximum absolute atomic E-state index is 3.73. The minimum Gasteiger partial charge on any atom is -0.103 e. The molecule has 2 aliphatic carbocycles. The van der Waals surface area contributed by atoms with Crippen molar-refractivity contribution in [2.75, 3.05) is 0 Å². The van der Waals surface area contributed by atoms with Crippen LogP contribution < -0.4 is 0 Å². The lowest BCUT2D eigenvalue weighted by Gasteiger charge is -2.13. The van der Waals surface area contributed by atoms with Crippen LogP contribution >= 0.6 is 0 Å². The molecule has 180 valence electrons. The van der Waals surface area contributed by atoms with E-state index in [0.717, 1.165) is 48.3 Å². The van der Waals surface area contributed by atoms with Gasteiger partial charge in [-0.1, -0.05) is 99.0 Å². The van der Waals surface area contributed by atoms with Gasteiger partial charge in [0, 0.05) is 1.43 Å². The molecule has 1 saturated carbocycles. The van der Waals surface area contributed by atoms with Gasteiger partial charge in [-0.3, -0.25) is 0 Å². The second kappa shape index (κ2) is 20.1. The van der Waals surface area contributed by atoms with Crippen LogP contribution in [0.5, 0.6) is 0 Å². The highest BCUT2D eigenvalue weighted by Crippen LogP contribution is 2.26. The molecule has 0 aliphatic heterocycles. The molecule has 2 rings (SSSR count). The molecule has 0 amide bonds. The molecule has 0 aromatic carbocycles. The number of hydrogen-bond donors (Lipinski definition) is 0. The first-order valence-corrected chi connectivity index (χ1v) is 12.6. The third kappa shape index (κ3) is 19.2. The smallest absolute Gasteiger partial charge is 0 e. The van der Waals surface area contributed by atoms with Crippen molar-refractivity contribution in [2.45, 2.75) is 120 Å². The lowest BCUT2D eigenvalue weighted by atomic mass is 9.93. The Morgan fingerprint density at radius 3 is 1.50 bits per heavy atom. The Morgan fingerprint density at radius 1 is 0.767 bits per heavy atom. The van der Waals surface area contributed by atoms with Crippen molar-refractivity contribution < 1.29 is 1.43 Å². The quantitative estimate of drug-likeness (QED) is 0.296. The molecule has 0 spiro atoms. The SMILES string of the molecule is C.C=CCC(C)CC(C)CC=C.CC1CC=CCC(C)C1.CC1CCCCC(C)C1.[HH]. The van der Waals surface area contributed by atoms with E-state index in [1.165, 1.54) is 57.8 Å². The first-order chi connectivity index (χ1) is 13.8. The van der Waals surface area contributed by atoms with E-state index >= 15 is 0 Å². The molecule has 1 fully saturated rings. The Kier molecular flexibility index (Phi) is 21.1. The average Bonchev–Trinajstić information content (AvgIpc) is 2.94. The third-order valence-electron chi connectivity index (χ3n) is 6.44. The molecule has 0 radical (unpaired) electrons. The summed E-state index contributed by atoms with van der Waals surface area (Å²) in [6.07, 6.45) is 23.6. The summed E-state index contributed by atoms with van der Waals surface area (Å²) in [6, 6.07) is 0. The van der Waals surface area contributed by atoms with E-state index in [0.29, 0.717) is 0 Å². The van der Waals surface area contributed by atoms with Crippen LogP contribution in [0.2, 0.25) is 0 Å². The van der Waals surface area contributed by atoms with Crippen molar-refractivity contribution >= 4 is 0 Å². The highest BCUT2D eigenvalue weighted by atomic mass is 14.2. The number of allylic oxidation sites excluding steroid dienone is 4. The minimum absolute atomic E-state index is 0. The Bertz CT molecular complexity index is 388. The van der Waals surface area contributed by atoms with Gasteiger partial charge in [0.2, 0.25) is 0 Å². The molecule has 0 N–H and O–H groups in total. The van der Waals surface area contributed by atoms with Gasteiger partial charge in [-0.25, -0.2) is 0 Å². The van der Waals surface area contributed by atoms with E-state index in [-0.39, 0.29) is 8.85 Å². The molecule has 0 aromatic rings. The van der Waals surface area contributed by atoms with E-state index in [9.17, 15) is 0 Å². The first kappa shape index (κ1) is 31.4. The molecular weight excluding hydrogens is 360 g/mol. The molecule has 6 unspecified atom stereocenters.